The second-order valence-corrected chi connectivity index (χ2v) is 5.18. The topological polar surface area (TPSA) is 34.4 Å². The fourth-order valence-electron chi connectivity index (χ4n) is 2.64. The van der Waals surface area contributed by atoms with Crippen LogP contribution < -0.4 is 17.4 Å². The first kappa shape index (κ1) is 16.2. The maximum absolute atomic E-state index is 11.4. The Labute approximate surface area is 136 Å². The maximum Gasteiger partial charge on any atom is 0.167 e. The number of aromatic nitrogens is 1. The minimum atomic E-state index is -1.03. The molecule has 112 valence electrons. The lowest BCUT2D eigenvalue weighted by Crippen LogP contribution is -3.00. The number of nitrogens with one attached hydrogen (secondary N) is 1. The fraction of sp³-hybridized carbons (Fsp3) is 0.105. The predicted molar refractivity (Wildman–Crippen MR) is 82.6 cm³/mol. The zero-order chi connectivity index (χ0) is 14.5. The molecule has 1 atom stereocenters. The largest absolute Gasteiger partial charge is 1.00 e. The normalized spacial score (nSPS) is 13.0. The molecule has 1 unspecified atom stereocenters. The van der Waals surface area contributed by atoms with Crippen LogP contribution in [0.15, 0.2) is 85.2 Å². The summed E-state index contributed by atoms with van der Waals surface area (Å²) >= 11 is 0. The number of aliphatic hydroxyl groups is 1. The summed E-state index contributed by atoms with van der Waals surface area (Å²) in [5, 5.41) is 11.4. The number of benzene rings is 2. The van der Waals surface area contributed by atoms with Crippen molar-refractivity contribution in [2.45, 2.75) is 12.0 Å². The molecule has 2 aromatic carbocycles. The third-order valence-electron chi connectivity index (χ3n) is 3.75. The number of hydrogen-bond acceptors (Lipinski definition) is 1. The van der Waals surface area contributed by atoms with Crippen molar-refractivity contribution in [1.29, 1.82) is 0 Å². The molecular formula is C19H18ClNO. The Balaban J connectivity index is 0.00000176. The third kappa shape index (κ3) is 3.35. The van der Waals surface area contributed by atoms with Crippen LogP contribution in [0, 0.1) is 0 Å². The second-order valence-electron chi connectivity index (χ2n) is 5.18. The Morgan fingerprint density at radius 1 is 0.727 bits per heavy atom. The van der Waals surface area contributed by atoms with E-state index in [9.17, 15) is 5.11 Å². The van der Waals surface area contributed by atoms with Gasteiger partial charge in [0.15, 0.2) is 12.4 Å². The molecule has 3 aromatic rings. The van der Waals surface area contributed by atoms with E-state index in [0.717, 1.165) is 16.7 Å². The monoisotopic (exact) mass is 311 g/mol. The van der Waals surface area contributed by atoms with Crippen molar-refractivity contribution < 1.29 is 22.5 Å². The summed E-state index contributed by atoms with van der Waals surface area (Å²) in [6.07, 6.45) is 4.23. The molecule has 1 heterocycles. The van der Waals surface area contributed by atoms with Gasteiger partial charge in [0.2, 0.25) is 0 Å². The quantitative estimate of drug-likeness (QED) is 0.722. The SMILES string of the molecule is OC(Cc1ccccc1)(c1ccccc1)c1cc[nH+]cc1.[Cl-]. The van der Waals surface area contributed by atoms with Crippen molar-refractivity contribution in [3.8, 4) is 0 Å². The lowest BCUT2D eigenvalue weighted by atomic mass is 9.82. The molecule has 0 aliphatic rings. The second kappa shape index (κ2) is 7.21. The standard InChI is InChI=1S/C19H17NO.ClH/c21-19(17-9-5-2-6-10-17,18-11-13-20-14-12-18)15-16-7-3-1-4-8-16;/h1-14,21H,15H2;1H. The highest BCUT2D eigenvalue weighted by atomic mass is 35.5. The molecule has 2 nitrogen and oxygen atoms in total. The Hall–Kier alpha value is -2.16. The van der Waals surface area contributed by atoms with E-state index in [1.807, 2.05) is 85.2 Å². The van der Waals surface area contributed by atoms with Crippen molar-refractivity contribution in [2.24, 2.45) is 0 Å². The van der Waals surface area contributed by atoms with Crippen molar-refractivity contribution in [3.63, 3.8) is 0 Å². The highest BCUT2D eigenvalue weighted by Crippen LogP contribution is 2.32. The van der Waals surface area contributed by atoms with Gasteiger partial charge in [-0.25, -0.2) is 4.98 Å². The number of halogens is 1. The average Bonchev–Trinajstić information content (AvgIpc) is 2.57. The number of rotatable bonds is 4. The lowest BCUT2D eigenvalue weighted by Gasteiger charge is -2.29. The van der Waals surface area contributed by atoms with E-state index in [-0.39, 0.29) is 12.4 Å². The van der Waals surface area contributed by atoms with E-state index < -0.39 is 5.60 Å². The van der Waals surface area contributed by atoms with Gasteiger partial charge in [0.25, 0.3) is 0 Å². The van der Waals surface area contributed by atoms with Gasteiger partial charge in [0.05, 0.1) is 0 Å². The molecule has 0 fully saturated rings. The Morgan fingerprint density at radius 2 is 1.23 bits per heavy atom. The molecule has 0 aliphatic heterocycles. The van der Waals surface area contributed by atoms with E-state index in [4.69, 9.17) is 0 Å². The van der Waals surface area contributed by atoms with Crippen molar-refractivity contribution >= 4 is 0 Å². The number of aromatic amines is 1. The van der Waals surface area contributed by atoms with Crippen LogP contribution in [0.3, 0.4) is 0 Å². The van der Waals surface area contributed by atoms with E-state index in [2.05, 4.69) is 4.98 Å². The van der Waals surface area contributed by atoms with Crippen molar-refractivity contribution in [1.82, 2.24) is 0 Å². The van der Waals surface area contributed by atoms with Crippen LogP contribution in [0.5, 0.6) is 0 Å². The highest BCUT2D eigenvalue weighted by molar-refractivity contribution is 5.37. The molecule has 1 aromatic heterocycles. The van der Waals surface area contributed by atoms with E-state index in [1.165, 1.54) is 0 Å². The lowest BCUT2D eigenvalue weighted by molar-refractivity contribution is -0.378. The molecule has 0 saturated carbocycles. The van der Waals surface area contributed by atoms with Gasteiger partial charge in [-0.15, -0.1) is 0 Å². The summed E-state index contributed by atoms with van der Waals surface area (Å²) < 4.78 is 0. The first-order chi connectivity index (χ1) is 10.3. The number of hydrogen-bond donors (Lipinski definition) is 1. The molecule has 3 rings (SSSR count). The zero-order valence-corrected chi connectivity index (χ0v) is 12.9. The molecule has 0 saturated heterocycles. The molecule has 3 heteroatoms. The molecule has 0 bridgehead atoms. The molecule has 2 N–H and O–H groups in total. The van der Waals surface area contributed by atoms with Crippen LogP contribution >= 0.6 is 0 Å². The Bertz CT molecular complexity index is 647. The average molecular weight is 312 g/mol. The minimum absolute atomic E-state index is 0. The van der Waals surface area contributed by atoms with Gasteiger partial charge in [-0.2, -0.15) is 0 Å². The Kier molecular flexibility index (Phi) is 5.31. The van der Waals surface area contributed by atoms with Gasteiger partial charge in [0, 0.05) is 24.1 Å². The zero-order valence-electron chi connectivity index (χ0n) is 12.1. The first-order valence-electron chi connectivity index (χ1n) is 7.07. The molecule has 0 spiro atoms. The molecule has 0 radical (unpaired) electrons. The van der Waals surface area contributed by atoms with Crippen LogP contribution in [-0.4, -0.2) is 5.11 Å². The summed E-state index contributed by atoms with van der Waals surface area (Å²) in [4.78, 5) is 3.01. The Morgan fingerprint density at radius 3 is 1.82 bits per heavy atom. The predicted octanol–water partition coefficient (Wildman–Crippen LogP) is -0.0167. The first-order valence-corrected chi connectivity index (χ1v) is 7.07. The van der Waals surface area contributed by atoms with E-state index in [1.54, 1.807) is 0 Å². The van der Waals surface area contributed by atoms with E-state index in [0.29, 0.717) is 6.42 Å². The smallest absolute Gasteiger partial charge is 0.167 e. The van der Waals surface area contributed by atoms with Crippen LogP contribution in [0.4, 0.5) is 0 Å². The van der Waals surface area contributed by atoms with Crippen molar-refractivity contribution in [3.05, 3.63) is 102 Å². The highest BCUT2D eigenvalue weighted by Gasteiger charge is 2.32. The number of pyridine rings is 1. The van der Waals surface area contributed by atoms with Gasteiger partial charge >= 0.3 is 0 Å². The summed E-state index contributed by atoms with van der Waals surface area (Å²) in [6, 6.07) is 23.8. The summed E-state index contributed by atoms with van der Waals surface area (Å²) in [7, 11) is 0. The maximum atomic E-state index is 11.4. The van der Waals surface area contributed by atoms with E-state index >= 15 is 0 Å². The van der Waals surface area contributed by atoms with Crippen LogP contribution in [0.1, 0.15) is 16.7 Å². The summed E-state index contributed by atoms with van der Waals surface area (Å²) in [6.45, 7) is 0. The molecule has 22 heavy (non-hydrogen) atoms. The van der Waals surface area contributed by atoms with Gasteiger partial charge < -0.3 is 17.5 Å². The fourth-order valence-corrected chi connectivity index (χ4v) is 2.64. The minimum Gasteiger partial charge on any atom is -1.00 e. The van der Waals surface area contributed by atoms with Gasteiger partial charge in [-0.3, -0.25) is 0 Å². The molecule has 0 amide bonds. The molecular weight excluding hydrogens is 294 g/mol. The van der Waals surface area contributed by atoms with Crippen LogP contribution in [-0.2, 0) is 12.0 Å². The van der Waals surface area contributed by atoms with Crippen molar-refractivity contribution in [2.75, 3.05) is 0 Å². The van der Waals surface area contributed by atoms with Gasteiger partial charge in [-0.1, -0.05) is 60.7 Å². The van der Waals surface area contributed by atoms with Crippen LogP contribution in [0.2, 0.25) is 0 Å². The summed E-state index contributed by atoms with van der Waals surface area (Å²) in [5.41, 5.74) is 1.87. The van der Waals surface area contributed by atoms with Gasteiger partial charge in [-0.05, 0) is 11.1 Å². The molecule has 0 aliphatic carbocycles. The van der Waals surface area contributed by atoms with Crippen LogP contribution in [0.25, 0.3) is 0 Å². The third-order valence-corrected chi connectivity index (χ3v) is 3.75. The van der Waals surface area contributed by atoms with Gasteiger partial charge in [0.1, 0.15) is 5.60 Å². The summed E-state index contributed by atoms with van der Waals surface area (Å²) in [5.74, 6) is 0. The number of H-pyrrole nitrogens is 1.